The number of quaternary nitrogens is 1. The Labute approximate surface area is 441 Å². The van der Waals surface area contributed by atoms with Gasteiger partial charge in [-0.3, -0.25) is 9.59 Å². The molecule has 0 aromatic rings. The molecule has 9 nitrogen and oxygen atoms in total. The van der Waals surface area contributed by atoms with Crippen LogP contribution in [0.1, 0.15) is 213 Å². The quantitative estimate of drug-likeness (QED) is 0.0211. The fourth-order valence-electron chi connectivity index (χ4n) is 7.42. The van der Waals surface area contributed by atoms with Crippen molar-refractivity contribution in [2.24, 2.45) is 0 Å². The average molecular weight is 1010 g/mol. The van der Waals surface area contributed by atoms with Gasteiger partial charge in [0.15, 0.2) is 6.10 Å². The van der Waals surface area contributed by atoms with Crippen LogP contribution in [0.15, 0.2) is 109 Å². The van der Waals surface area contributed by atoms with E-state index in [1.165, 1.54) is 83.5 Å². The summed E-state index contributed by atoms with van der Waals surface area (Å²) >= 11 is 0. The Morgan fingerprint density at radius 3 is 1.18 bits per heavy atom. The Morgan fingerprint density at radius 2 is 0.792 bits per heavy atom. The molecule has 0 aliphatic carbocycles. The fourth-order valence-corrected chi connectivity index (χ4v) is 7.42. The van der Waals surface area contributed by atoms with Gasteiger partial charge >= 0.3 is 17.9 Å². The van der Waals surface area contributed by atoms with Gasteiger partial charge in [0, 0.05) is 12.8 Å². The van der Waals surface area contributed by atoms with E-state index in [0.29, 0.717) is 23.9 Å². The Kier molecular flexibility index (Phi) is 50.3. The summed E-state index contributed by atoms with van der Waals surface area (Å²) in [5.74, 6) is -2.06. The Morgan fingerprint density at radius 1 is 0.431 bits per heavy atom. The number of nitrogens with zero attached hydrogens (tertiary/aromatic N) is 1. The predicted molar refractivity (Wildman–Crippen MR) is 304 cm³/mol. The van der Waals surface area contributed by atoms with Gasteiger partial charge in [0.25, 0.3) is 6.29 Å². The standard InChI is InChI=1S/C63H105NO8/c1-6-8-10-12-14-16-18-20-22-24-25-26-27-28-29-30-31-32-33-34-35-36-37-38-40-42-44-46-48-50-52-54-61(66)72-59(58-71-63(62(67)68)69-56-55-64(3,4)5)57-70-60(65)53-51-49-47-45-43-41-39-23-21-19-17-15-13-11-9-7-2/h8,10,14,16,20,22,25-26,28-29,31-32,34-35,37-38,42,44,59,63H,6-7,9,11-13,15,17-19,21,23-24,27,30,33,36,39-41,43,45-58H2,1-5H3/p+1/b10-8-,16-14-,22-20-,26-25-,29-28-,32-31-,35-34-,38-37-,44-42-. The molecule has 0 spiro atoms. The fraction of sp³-hybridized carbons (Fsp3) is 0.667. The Balaban J connectivity index is 4.35. The summed E-state index contributed by atoms with van der Waals surface area (Å²) in [5, 5.41) is 9.69. The number of likely N-dealkylation sites (N-methyl/N-ethyl adjacent to an activating group) is 1. The molecule has 2 atom stereocenters. The lowest BCUT2D eigenvalue weighted by atomic mass is 10.0. The average Bonchev–Trinajstić information content (AvgIpc) is 3.35. The topological polar surface area (TPSA) is 108 Å². The zero-order valence-electron chi connectivity index (χ0n) is 46.5. The largest absolute Gasteiger partial charge is 0.477 e. The van der Waals surface area contributed by atoms with Gasteiger partial charge in [0.1, 0.15) is 13.2 Å². The molecule has 0 heterocycles. The first-order valence-corrected chi connectivity index (χ1v) is 28.6. The maximum absolute atomic E-state index is 12.9. The molecule has 0 aliphatic heterocycles. The molecule has 0 aliphatic rings. The van der Waals surface area contributed by atoms with Gasteiger partial charge in [0.2, 0.25) is 0 Å². The van der Waals surface area contributed by atoms with Crippen molar-refractivity contribution in [1.29, 1.82) is 0 Å². The van der Waals surface area contributed by atoms with Crippen molar-refractivity contribution < 1.29 is 42.9 Å². The highest BCUT2D eigenvalue weighted by Gasteiger charge is 2.25. The lowest BCUT2D eigenvalue weighted by molar-refractivity contribution is -0.870. The SMILES string of the molecule is CC/C=C\C/C=C\C/C=C\C/C=C\C/C=C\C/C=C\C/C=C\C/C=C\C/C=C\CCCCCC(=O)OC(COC(=O)CCCCCCCCCCCCCCCCCC)COC(OCC[N+](C)(C)C)C(=O)O. The molecule has 0 aromatic carbocycles. The van der Waals surface area contributed by atoms with Crippen molar-refractivity contribution in [3.05, 3.63) is 109 Å². The smallest absolute Gasteiger partial charge is 0.361 e. The van der Waals surface area contributed by atoms with E-state index < -0.39 is 24.3 Å². The van der Waals surface area contributed by atoms with E-state index in [1.807, 2.05) is 21.1 Å². The molecule has 410 valence electrons. The molecule has 0 bridgehead atoms. The summed E-state index contributed by atoms with van der Waals surface area (Å²) in [6, 6.07) is 0. The van der Waals surface area contributed by atoms with E-state index in [0.717, 1.165) is 96.3 Å². The van der Waals surface area contributed by atoms with Crippen LogP contribution in [-0.4, -0.2) is 87.4 Å². The Hall–Kier alpha value is -4.05. The maximum Gasteiger partial charge on any atom is 0.361 e. The monoisotopic (exact) mass is 1000 g/mol. The van der Waals surface area contributed by atoms with Crippen molar-refractivity contribution in [2.75, 3.05) is 47.5 Å². The summed E-state index contributed by atoms with van der Waals surface area (Å²) in [6.45, 7) is 4.72. The number of carbonyl (C=O) groups is 3. The number of esters is 2. The van der Waals surface area contributed by atoms with E-state index in [1.54, 1.807) is 0 Å². The van der Waals surface area contributed by atoms with Gasteiger partial charge in [-0.05, 0) is 83.5 Å². The molecule has 1 N–H and O–H groups in total. The number of ether oxygens (including phenoxy) is 4. The maximum atomic E-state index is 12.9. The second-order valence-corrected chi connectivity index (χ2v) is 19.9. The van der Waals surface area contributed by atoms with Crippen LogP contribution in [0.2, 0.25) is 0 Å². The summed E-state index contributed by atoms with van der Waals surface area (Å²) in [7, 11) is 5.95. The highest BCUT2D eigenvalue weighted by Crippen LogP contribution is 2.15. The highest BCUT2D eigenvalue weighted by molar-refractivity contribution is 5.71. The first-order valence-electron chi connectivity index (χ1n) is 28.6. The summed E-state index contributed by atoms with van der Waals surface area (Å²) < 4.78 is 22.8. The van der Waals surface area contributed by atoms with E-state index in [2.05, 4.69) is 123 Å². The summed E-state index contributed by atoms with van der Waals surface area (Å²) in [6.07, 6.45) is 70.2. The number of carboxylic acids is 1. The van der Waals surface area contributed by atoms with Gasteiger partial charge in [-0.15, -0.1) is 0 Å². The van der Waals surface area contributed by atoms with Gasteiger partial charge in [-0.1, -0.05) is 226 Å². The molecule has 2 unspecified atom stereocenters. The number of allylic oxidation sites excluding steroid dienone is 18. The first-order chi connectivity index (χ1) is 35.1. The lowest BCUT2D eigenvalue weighted by Crippen LogP contribution is -2.40. The van der Waals surface area contributed by atoms with Crippen LogP contribution in [0.25, 0.3) is 0 Å². The zero-order valence-corrected chi connectivity index (χ0v) is 46.5. The van der Waals surface area contributed by atoms with Crippen LogP contribution < -0.4 is 0 Å². The number of hydrogen-bond acceptors (Lipinski definition) is 7. The number of hydrogen-bond donors (Lipinski definition) is 1. The van der Waals surface area contributed by atoms with E-state index in [9.17, 15) is 19.5 Å². The molecule has 0 fully saturated rings. The van der Waals surface area contributed by atoms with E-state index >= 15 is 0 Å². The van der Waals surface area contributed by atoms with Gasteiger partial charge < -0.3 is 28.5 Å². The van der Waals surface area contributed by atoms with Crippen LogP contribution >= 0.6 is 0 Å². The second-order valence-electron chi connectivity index (χ2n) is 19.9. The third-order valence-electron chi connectivity index (χ3n) is 11.8. The minimum absolute atomic E-state index is 0.176. The number of carboxylic acid groups (broad SMARTS) is 1. The number of unbranched alkanes of at least 4 members (excludes halogenated alkanes) is 18. The molecule has 0 radical (unpaired) electrons. The van der Waals surface area contributed by atoms with E-state index in [4.69, 9.17) is 18.9 Å². The second kappa shape index (κ2) is 53.2. The van der Waals surface area contributed by atoms with Gasteiger partial charge in [-0.25, -0.2) is 4.79 Å². The molecule has 0 aromatic heterocycles. The number of rotatable bonds is 51. The van der Waals surface area contributed by atoms with Crippen LogP contribution in [0, 0.1) is 0 Å². The van der Waals surface area contributed by atoms with Crippen LogP contribution in [0.5, 0.6) is 0 Å². The van der Waals surface area contributed by atoms with Crippen LogP contribution in [0.4, 0.5) is 0 Å². The molecule has 0 rings (SSSR count). The van der Waals surface area contributed by atoms with Crippen LogP contribution in [0.3, 0.4) is 0 Å². The van der Waals surface area contributed by atoms with Crippen molar-refractivity contribution in [2.45, 2.75) is 225 Å². The summed E-state index contributed by atoms with van der Waals surface area (Å²) in [5.41, 5.74) is 0. The minimum atomic E-state index is -1.52. The number of aliphatic carboxylic acids is 1. The molecule has 72 heavy (non-hydrogen) atoms. The highest BCUT2D eigenvalue weighted by atomic mass is 16.7. The predicted octanol–water partition coefficient (Wildman–Crippen LogP) is 16.7. The molecular weight excluding hydrogens is 899 g/mol. The lowest BCUT2D eigenvalue weighted by Gasteiger charge is -2.25. The third-order valence-corrected chi connectivity index (χ3v) is 11.8. The molecule has 0 amide bonds. The normalized spacial score (nSPS) is 13.6. The van der Waals surface area contributed by atoms with Gasteiger partial charge in [-0.2, -0.15) is 0 Å². The minimum Gasteiger partial charge on any atom is -0.477 e. The summed E-state index contributed by atoms with van der Waals surface area (Å²) in [4.78, 5) is 37.4. The van der Waals surface area contributed by atoms with Crippen molar-refractivity contribution in [1.82, 2.24) is 0 Å². The number of carbonyl (C=O) groups excluding carboxylic acids is 2. The Bertz CT molecular complexity index is 1540. The molecular formula is C63H106NO8+. The molecule has 9 heteroatoms. The first kappa shape index (κ1) is 68.0. The molecule has 0 saturated heterocycles. The van der Waals surface area contributed by atoms with E-state index in [-0.39, 0.29) is 32.2 Å². The van der Waals surface area contributed by atoms with Crippen molar-refractivity contribution in [3.8, 4) is 0 Å². The van der Waals surface area contributed by atoms with Crippen LogP contribution in [-0.2, 0) is 33.3 Å². The van der Waals surface area contributed by atoms with Gasteiger partial charge in [0.05, 0.1) is 34.4 Å². The van der Waals surface area contributed by atoms with Crippen molar-refractivity contribution in [3.63, 3.8) is 0 Å². The van der Waals surface area contributed by atoms with Crippen molar-refractivity contribution >= 4 is 17.9 Å². The molecule has 0 saturated carbocycles. The third kappa shape index (κ3) is 53.7. The zero-order chi connectivity index (χ0) is 52.7.